The Morgan fingerprint density at radius 2 is 1.88 bits per heavy atom. The molecular formula is C12H24N2O3. The van der Waals surface area contributed by atoms with Gasteiger partial charge in [-0.1, -0.05) is 0 Å². The highest BCUT2D eigenvalue weighted by molar-refractivity contribution is 5.78. The molecule has 1 amide bonds. The zero-order valence-electron chi connectivity index (χ0n) is 11.3. The van der Waals surface area contributed by atoms with Crippen molar-refractivity contribution in [1.82, 2.24) is 9.80 Å². The van der Waals surface area contributed by atoms with E-state index >= 15 is 0 Å². The van der Waals surface area contributed by atoms with Gasteiger partial charge in [0.2, 0.25) is 5.91 Å². The molecule has 0 fully saturated rings. The zero-order chi connectivity index (χ0) is 13.4. The summed E-state index contributed by atoms with van der Waals surface area (Å²) in [5.74, 6) is -0.706. The minimum atomic E-state index is -0.786. The van der Waals surface area contributed by atoms with E-state index in [1.807, 2.05) is 25.7 Å². The molecule has 0 aromatic rings. The van der Waals surface area contributed by atoms with E-state index in [1.54, 1.807) is 11.9 Å². The fourth-order valence-electron chi connectivity index (χ4n) is 1.42. The summed E-state index contributed by atoms with van der Waals surface area (Å²) in [6.07, 6.45) is 0.734. The van der Waals surface area contributed by atoms with E-state index in [1.165, 1.54) is 0 Å². The number of carboxylic acids is 1. The molecule has 0 unspecified atom stereocenters. The van der Waals surface area contributed by atoms with Crippen molar-refractivity contribution in [1.29, 1.82) is 0 Å². The topological polar surface area (TPSA) is 60.9 Å². The van der Waals surface area contributed by atoms with Gasteiger partial charge in [-0.05, 0) is 33.7 Å². The maximum Gasteiger partial charge on any atom is 0.303 e. The first-order chi connectivity index (χ1) is 7.88. The molecule has 0 radical (unpaired) electrons. The monoisotopic (exact) mass is 244 g/mol. The first kappa shape index (κ1) is 15.9. The van der Waals surface area contributed by atoms with Crippen molar-refractivity contribution >= 4 is 11.9 Å². The van der Waals surface area contributed by atoms with Gasteiger partial charge in [0, 0.05) is 26.1 Å². The normalized spacial score (nSPS) is 10.9. The summed E-state index contributed by atoms with van der Waals surface area (Å²) in [6.45, 7) is 7.66. The molecule has 0 aliphatic heterocycles. The van der Waals surface area contributed by atoms with E-state index in [2.05, 4.69) is 0 Å². The van der Waals surface area contributed by atoms with Gasteiger partial charge in [0.05, 0.1) is 6.54 Å². The molecule has 0 aliphatic carbocycles. The van der Waals surface area contributed by atoms with E-state index in [9.17, 15) is 9.59 Å². The predicted octanol–water partition coefficient (Wildman–Crippen LogP) is 1.04. The van der Waals surface area contributed by atoms with Gasteiger partial charge in [0.15, 0.2) is 0 Å². The Labute approximate surface area is 103 Å². The minimum absolute atomic E-state index is 0.0801. The SMILES string of the molecule is CCN(C)C(=O)CN(CCCC(=O)O)C(C)C. The summed E-state index contributed by atoms with van der Waals surface area (Å²) in [7, 11) is 1.78. The van der Waals surface area contributed by atoms with Crippen molar-refractivity contribution in [2.24, 2.45) is 0 Å². The average molecular weight is 244 g/mol. The molecule has 5 heteroatoms. The number of aliphatic carboxylic acids is 1. The van der Waals surface area contributed by atoms with Crippen molar-refractivity contribution in [2.75, 3.05) is 26.7 Å². The van der Waals surface area contributed by atoms with Crippen molar-refractivity contribution < 1.29 is 14.7 Å². The lowest BCUT2D eigenvalue weighted by molar-refractivity contribution is -0.137. The van der Waals surface area contributed by atoms with E-state index in [0.717, 1.165) is 0 Å². The summed E-state index contributed by atoms with van der Waals surface area (Å²) in [6, 6.07) is 0.248. The molecule has 100 valence electrons. The van der Waals surface area contributed by atoms with E-state index < -0.39 is 5.97 Å². The summed E-state index contributed by atoms with van der Waals surface area (Å²) in [4.78, 5) is 25.9. The maximum atomic E-state index is 11.8. The van der Waals surface area contributed by atoms with Crippen LogP contribution in [0.4, 0.5) is 0 Å². The van der Waals surface area contributed by atoms with Gasteiger partial charge in [-0.25, -0.2) is 0 Å². The molecule has 0 aromatic heterocycles. The number of amides is 1. The lowest BCUT2D eigenvalue weighted by atomic mass is 10.2. The van der Waals surface area contributed by atoms with Gasteiger partial charge >= 0.3 is 5.97 Å². The second-order valence-electron chi connectivity index (χ2n) is 4.47. The van der Waals surface area contributed by atoms with E-state index in [4.69, 9.17) is 5.11 Å². The second kappa shape index (κ2) is 8.06. The van der Waals surface area contributed by atoms with Gasteiger partial charge in [-0.15, -0.1) is 0 Å². The van der Waals surface area contributed by atoms with Gasteiger partial charge in [0.25, 0.3) is 0 Å². The Morgan fingerprint density at radius 1 is 1.29 bits per heavy atom. The Hall–Kier alpha value is -1.10. The van der Waals surface area contributed by atoms with Crippen molar-refractivity contribution in [3.63, 3.8) is 0 Å². The van der Waals surface area contributed by atoms with Gasteiger partial charge in [0.1, 0.15) is 0 Å². The van der Waals surface area contributed by atoms with Crippen molar-refractivity contribution in [2.45, 2.75) is 39.7 Å². The number of likely N-dealkylation sites (N-methyl/N-ethyl adjacent to an activating group) is 1. The molecule has 0 saturated heterocycles. The number of carbonyl (C=O) groups is 2. The highest BCUT2D eigenvalue weighted by atomic mass is 16.4. The third-order valence-electron chi connectivity index (χ3n) is 2.80. The standard InChI is InChI=1S/C12H24N2O3/c1-5-13(4)11(15)9-14(10(2)3)8-6-7-12(16)17/h10H,5-9H2,1-4H3,(H,16,17). The Balaban J connectivity index is 4.15. The molecule has 0 atom stereocenters. The minimum Gasteiger partial charge on any atom is -0.481 e. The highest BCUT2D eigenvalue weighted by Crippen LogP contribution is 2.03. The fraction of sp³-hybridized carbons (Fsp3) is 0.833. The van der Waals surface area contributed by atoms with E-state index in [-0.39, 0.29) is 18.4 Å². The summed E-state index contributed by atoms with van der Waals surface area (Å²) in [5.41, 5.74) is 0. The van der Waals surface area contributed by atoms with Crippen LogP contribution in [-0.4, -0.2) is 59.5 Å². The van der Waals surface area contributed by atoms with Crippen LogP contribution in [0.15, 0.2) is 0 Å². The smallest absolute Gasteiger partial charge is 0.303 e. The Kier molecular flexibility index (Phi) is 7.54. The largest absolute Gasteiger partial charge is 0.481 e. The number of hydrogen-bond donors (Lipinski definition) is 1. The molecule has 0 aromatic carbocycles. The summed E-state index contributed by atoms with van der Waals surface area (Å²) >= 11 is 0. The first-order valence-electron chi connectivity index (χ1n) is 6.08. The molecule has 0 rings (SSSR count). The van der Waals surface area contributed by atoms with Crippen LogP contribution in [0.3, 0.4) is 0 Å². The Morgan fingerprint density at radius 3 is 2.29 bits per heavy atom. The van der Waals surface area contributed by atoms with Crippen LogP contribution in [0.1, 0.15) is 33.6 Å². The highest BCUT2D eigenvalue weighted by Gasteiger charge is 2.16. The fourth-order valence-corrected chi connectivity index (χ4v) is 1.42. The molecule has 0 saturated carbocycles. The number of carboxylic acid groups (broad SMARTS) is 1. The lowest BCUT2D eigenvalue weighted by Gasteiger charge is -2.27. The van der Waals surface area contributed by atoms with Crippen LogP contribution in [0.2, 0.25) is 0 Å². The molecular weight excluding hydrogens is 220 g/mol. The second-order valence-corrected chi connectivity index (χ2v) is 4.47. The van der Waals surface area contributed by atoms with Crippen LogP contribution in [0.5, 0.6) is 0 Å². The molecule has 0 bridgehead atoms. The Bertz CT molecular complexity index is 254. The van der Waals surface area contributed by atoms with Gasteiger partial charge < -0.3 is 10.0 Å². The van der Waals surface area contributed by atoms with Crippen molar-refractivity contribution in [3.05, 3.63) is 0 Å². The quantitative estimate of drug-likeness (QED) is 0.693. The first-order valence-corrected chi connectivity index (χ1v) is 6.08. The molecule has 1 N–H and O–H groups in total. The summed E-state index contributed by atoms with van der Waals surface area (Å²) < 4.78 is 0. The van der Waals surface area contributed by atoms with E-state index in [0.29, 0.717) is 26.1 Å². The van der Waals surface area contributed by atoms with Gasteiger partial charge in [-0.3, -0.25) is 14.5 Å². The van der Waals surface area contributed by atoms with Crippen molar-refractivity contribution in [3.8, 4) is 0 Å². The molecule has 5 nitrogen and oxygen atoms in total. The van der Waals surface area contributed by atoms with Crippen LogP contribution in [0.25, 0.3) is 0 Å². The average Bonchev–Trinajstić information content (AvgIpc) is 2.25. The molecule has 17 heavy (non-hydrogen) atoms. The number of hydrogen-bond acceptors (Lipinski definition) is 3. The summed E-state index contributed by atoms with van der Waals surface area (Å²) in [5, 5.41) is 8.58. The molecule has 0 heterocycles. The van der Waals surface area contributed by atoms with Crippen LogP contribution < -0.4 is 0 Å². The van der Waals surface area contributed by atoms with Crippen LogP contribution in [-0.2, 0) is 9.59 Å². The number of nitrogens with zero attached hydrogens (tertiary/aromatic N) is 2. The third-order valence-corrected chi connectivity index (χ3v) is 2.80. The van der Waals surface area contributed by atoms with Crippen LogP contribution in [0, 0.1) is 0 Å². The third kappa shape index (κ3) is 6.94. The number of rotatable bonds is 8. The van der Waals surface area contributed by atoms with Gasteiger partial charge in [-0.2, -0.15) is 0 Å². The maximum absolute atomic E-state index is 11.8. The predicted molar refractivity (Wildman–Crippen MR) is 66.9 cm³/mol. The zero-order valence-corrected chi connectivity index (χ0v) is 11.3. The van der Waals surface area contributed by atoms with Crippen LogP contribution >= 0.6 is 0 Å². The molecule has 0 spiro atoms. The lowest BCUT2D eigenvalue weighted by Crippen LogP contribution is -2.42. The molecule has 0 aliphatic rings. The number of carbonyl (C=O) groups excluding carboxylic acids is 1.